The van der Waals surface area contributed by atoms with Crippen LogP contribution < -0.4 is 5.32 Å². The van der Waals surface area contributed by atoms with Gasteiger partial charge in [0.2, 0.25) is 5.91 Å². The molecule has 1 saturated heterocycles. The van der Waals surface area contributed by atoms with Crippen LogP contribution in [0.15, 0.2) is 0 Å². The van der Waals surface area contributed by atoms with Crippen LogP contribution in [0.4, 0.5) is 0 Å². The fraction of sp³-hybridized carbons (Fsp3) is 0.917. The number of rotatable bonds is 4. The van der Waals surface area contributed by atoms with Gasteiger partial charge < -0.3 is 10.2 Å². The maximum absolute atomic E-state index is 11.7. The molecule has 16 heavy (non-hydrogen) atoms. The molecule has 3 nitrogen and oxygen atoms in total. The quantitative estimate of drug-likeness (QED) is 0.826. The first-order valence-corrected chi connectivity index (χ1v) is 6.07. The topological polar surface area (TPSA) is 32.3 Å². The van der Waals surface area contributed by atoms with Crippen molar-refractivity contribution < 1.29 is 4.79 Å². The number of hydrogen-bond acceptors (Lipinski definition) is 2. The van der Waals surface area contributed by atoms with E-state index in [9.17, 15) is 4.79 Å². The molecule has 1 rings (SSSR count). The van der Waals surface area contributed by atoms with Crippen molar-refractivity contribution >= 4 is 18.3 Å². The third-order valence-corrected chi connectivity index (χ3v) is 3.39. The zero-order valence-corrected chi connectivity index (χ0v) is 11.5. The summed E-state index contributed by atoms with van der Waals surface area (Å²) in [5.74, 6) is 1.05. The van der Waals surface area contributed by atoms with E-state index in [1.54, 1.807) is 0 Å². The normalized spacial score (nSPS) is 17.0. The summed E-state index contributed by atoms with van der Waals surface area (Å²) < 4.78 is 0. The van der Waals surface area contributed by atoms with Crippen LogP contribution in [0, 0.1) is 5.92 Å². The Balaban J connectivity index is 0.00000225. The Morgan fingerprint density at radius 3 is 2.44 bits per heavy atom. The van der Waals surface area contributed by atoms with Crippen LogP contribution >= 0.6 is 12.4 Å². The van der Waals surface area contributed by atoms with Crippen LogP contribution in [0.5, 0.6) is 0 Å². The molecule has 0 radical (unpaired) electrons. The lowest BCUT2D eigenvalue weighted by Gasteiger charge is -2.25. The summed E-state index contributed by atoms with van der Waals surface area (Å²) in [5.41, 5.74) is 0. The van der Waals surface area contributed by atoms with Gasteiger partial charge in [-0.05, 0) is 52.1 Å². The summed E-state index contributed by atoms with van der Waals surface area (Å²) in [5, 5.41) is 3.35. The first-order valence-electron chi connectivity index (χ1n) is 6.07. The van der Waals surface area contributed by atoms with Crippen LogP contribution in [0.25, 0.3) is 0 Å². The number of halogens is 1. The minimum absolute atomic E-state index is 0. The Kier molecular flexibility index (Phi) is 7.77. The predicted molar refractivity (Wildman–Crippen MR) is 70.0 cm³/mol. The number of carbonyl (C=O) groups excluding carboxylic acids is 1. The molecular formula is C12H25ClN2O. The highest BCUT2D eigenvalue weighted by molar-refractivity contribution is 5.85. The van der Waals surface area contributed by atoms with Crippen molar-refractivity contribution in [2.24, 2.45) is 5.92 Å². The largest absolute Gasteiger partial charge is 0.343 e. The molecule has 1 aliphatic rings. The standard InChI is InChI=1S/C12H24N2O.ClH/c1-10(2)14(3)12(15)5-4-11-6-8-13-9-7-11;/h10-11,13H,4-9H2,1-3H3;1H. The SMILES string of the molecule is CC(C)N(C)C(=O)CCC1CCNCC1.Cl. The summed E-state index contributed by atoms with van der Waals surface area (Å²) in [6, 6.07) is 0.325. The molecule has 0 aromatic rings. The summed E-state index contributed by atoms with van der Waals surface area (Å²) in [7, 11) is 1.90. The van der Waals surface area contributed by atoms with Gasteiger partial charge in [-0.15, -0.1) is 12.4 Å². The molecule has 0 aromatic heterocycles. The Hall–Kier alpha value is -0.280. The fourth-order valence-electron chi connectivity index (χ4n) is 1.96. The monoisotopic (exact) mass is 248 g/mol. The smallest absolute Gasteiger partial charge is 0.222 e. The Labute approximate surface area is 105 Å². The maximum Gasteiger partial charge on any atom is 0.222 e. The minimum Gasteiger partial charge on any atom is -0.343 e. The van der Waals surface area contributed by atoms with E-state index in [1.165, 1.54) is 12.8 Å². The van der Waals surface area contributed by atoms with Gasteiger partial charge in [0.05, 0.1) is 0 Å². The van der Waals surface area contributed by atoms with Crippen LogP contribution in [0.1, 0.15) is 39.5 Å². The lowest BCUT2D eigenvalue weighted by molar-refractivity contribution is -0.131. The second-order valence-corrected chi connectivity index (χ2v) is 4.83. The van der Waals surface area contributed by atoms with Gasteiger partial charge in [-0.3, -0.25) is 4.79 Å². The first kappa shape index (κ1) is 15.7. The minimum atomic E-state index is 0. The molecular weight excluding hydrogens is 224 g/mol. The molecule has 1 heterocycles. The van der Waals surface area contributed by atoms with Crippen molar-refractivity contribution in [1.29, 1.82) is 0 Å². The fourth-order valence-corrected chi connectivity index (χ4v) is 1.96. The van der Waals surface area contributed by atoms with Gasteiger partial charge in [0.1, 0.15) is 0 Å². The molecule has 0 aromatic carbocycles. The van der Waals surface area contributed by atoms with Crippen LogP contribution in [0.2, 0.25) is 0 Å². The summed E-state index contributed by atoms with van der Waals surface area (Å²) in [6.45, 7) is 6.36. The van der Waals surface area contributed by atoms with Crippen LogP contribution in [-0.2, 0) is 4.79 Å². The van der Waals surface area contributed by atoms with Crippen molar-refractivity contribution in [3.05, 3.63) is 0 Å². The maximum atomic E-state index is 11.7. The highest BCUT2D eigenvalue weighted by Gasteiger charge is 2.17. The molecule has 1 fully saturated rings. The predicted octanol–water partition coefficient (Wildman–Crippen LogP) is 2.05. The second kappa shape index (κ2) is 7.91. The lowest BCUT2D eigenvalue weighted by Crippen LogP contribution is -2.34. The highest BCUT2D eigenvalue weighted by Crippen LogP contribution is 2.18. The van der Waals surface area contributed by atoms with Gasteiger partial charge in [0, 0.05) is 19.5 Å². The highest BCUT2D eigenvalue weighted by atomic mass is 35.5. The van der Waals surface area contributed by atoms with Crippen molar-refractivity contribution in [3.63, 3.8) is 0 Å². The molecule has 4 heteroatoms. The molecule has 0 bridgehead atoms. The summed E-state index contributed by atoms with van der Waals surface area (Å²) in [6.07, 6.45) is 4.26. The number of amides is 1. The summed E-state index contributed by atoms with van der Waals surface area (Å²) >= 11 is 0. The molecule has 1 aliphatic heterocycles. The molecule has 1 amide bonds. The molecule has 0 aliphatic carbocycles. The van der Waals surface area contributed by atoms with E-state index in [2.05, 4.69) is 19.2 Å². The average Bonchev–Trinajstić information content (AvgIpc) is 2.26. The van der Waals surface area contributed by atoms with E-state index in [1.807, 2.05) is 11.9 Å². The molecule has 1 N–H and O–H groups in total. The van der Waals surface area contributed by atoms with Gasteiger partial charge in [0.25, 0.3) is 0 Å². The van der Waals surface area contributed by atoms with E-state index in [-0.39, 0.29) is 12.4 Å². The average molecular weight is 249 g/mol. The van der Waals surface area contributed by atoms with E-state index in [4.69, 9.17) is 0 Å². The number of piperidine rings is 1. The number of nitrogens with zero attached hydrogens (tertiary/aromatic N) is 1. The number of carbonyl (C=O) groups is 1. The third kappa shape index (κ3) is 5.17. The molecule has 0 atom stereocenters. The zero-order valence-electron chi connectivity index (χ0n) is 10.7. The number of nitrogens with one attached hydrogen (secondary N) is 1. The van der Waals surface area contributed by atoms with Gasteiger partial charge in [-0.1, -0.05) is 0 Å². The summed E-state index contributed by atoms with van der Waals surface area (Å²) in [4.78, 5) is 13.6. The molecule has 0 saturated carbocycles. The van der Waals surface area contributed by atoms with Crippen LogP contribution in [-0.4, -0.2) is 37.0 Å². The van der Waals surface area contributed by atoms with Gasteiger partial charge in [-0.25, -0.2) is 0 Å². The third-order valence-electron chi connectivity index (χ3n) is 3.39. The Morgan fingerprint density at radius 2 is 1.94 bits per heavy atom. The second-order valence-electron chi connectivity index (χ2n) is 4.83. The molecule has 0 unspecified atom stereocenters. The van der Waals surface area contributed by atoms with Gasteiger partial charge in [0.15, 0.2) is 0 Å². The van der Waals surface area contributed by atoms with E-state index < -0.39 is 0 Å². The van der Waals surface area contributed by atoms with Crippen LogP contribution in [0.3, 0.4) is 0 Å². The van der Waals surface area contributed by atoms with Crippen molar-refractivity contribution in [1.82, 2.24) is 10.2 Å². The Morgan fingerprint density at radius 1 is 1.38 bits per heavy atom. The van der Waals surface area contributed by atoms with Crippen molar-refractivity contribution in [2.45, 2.75) is 45.6 Å². The van der Waals surface area contributed by atoms with Gasteiger partial charge >= 0.3 is 0 Å². The van der Waals surface area contributed by atoms with E-state index >= 15 is 0 Å². The zero-order chi connectivity index (χ0) is 11.3. The molecule has 0 spiro atoms. The number of hydrogen-bond donors (Lipinski definition) is 1. The van der Waals surface area contributed by atoms with Gasteiger partial charge in [-0.2, -0.15) is 0 Å². The van der Waals surface area contributed by atoms with E-state index in [0.717, 1.165) is 31.8 Å². The van der Waals surface area contributed by atoms with E-state index in [0.29, 0.717) is 11.9 Å². The van der Waals surface area contributed by atoms with Crippen molar-refractivity contribution in [2.75, 3.05) is 20.1 Å². The van der Waals surface area contributed by atoms with Crippen molar-refractivity contribution in [3.8, 4) is 0 Å². The Bertz CT molecular complexity index is 203. The molecule has 96 valence electrons. The lowest BCUT2D eigenvalue weighted by atomic mass is 9.93. The first-order chi connectivity index (χ1) is 7.11.